The van der Waals surface area contributed by atoms with Crippen molar-refractivity contribution in [1.29, 1.82) is 0 Å². The van der Waals surface area contributed by atoms with Crippen molar-refractivity contribution in [2.24, 2.45) is 5.92 Å². The zero-order chi connectivity index (χ0) is 11.5. The van der Waals surface area contributed by atoms with Crippen molar-refractivity contribution in [3.05, 3.63) is 0 Å². The van der Waals surface area contributed by atoms with Crippen LogP contribution in [0.3, 0.4) is 0 Å². The molecule has 0 unspecified atom stereocenters. The van der Waals surface area contributed by atoms with Gasteiger partial charge in [-0.3, -0.25) is 9.59 Å². The summed E-state index contributed by atoms with van der Waals surface area (Å²) in [5.41, 5.74) is 0. The molecular formula is C11H17NO3S. The van der Waals surface area contributed by atoms with Crippen molar-refractivity contribution in [2.75, 3.05) is 18.1 Å². The molecule has 90 valence electrons. The normalized spacial score (nSPS) is 21.8. The number of carbonyl (C=O) groups excluding carboxylic acids is 1. The Hall–Kier alpha value is -0.710. The van der Waals surface area contributed by atoms with Gasteiger partial charge in [-0.25, -0.2) is 0 Å². The van der Waals surface area contributed by atoms with Crippen LogP contribution in [0.2, 0.25) is 0 Å². The number of carboxylic acid groups (broad SMARTS) is 1. The van der Waals surface area contributed by atoms with E-state index in [1.807, 2.05) is 11.8 Å². The van der Waals surface area contributed by atoms with Crippen molar-refractivity contribution in [2.45, 2.75) is 31.7 Å². The standard InChI is InChI=1S/C11H17NO3S/c13-10(14)7-12(9-1-2-9)11(15)8-3-5-16-6-4-8/h8-9H,1-7H2,(H,13,14). The van der Waals surface area contributed by atoms with Gasteiger partial charge < -0.3 is 10.0 Å². The number of nitrogens with zero attached hydrogens (tertiary/aromatic N) is 1. The summed E-state index contributed by atoms with van der Waals surface area (Å²) in [6, 6.07) is 0.207. The second kappa shape index (κ2) is 5.08. The fraction of sp³-hybridized carbons (Fsp3) is 0.818. The van der Waals surface area contributed by atoms with Gasteiger partial charge in [0, 0.05) is 12.0 Å². The highest BCUT2D eigenvalue weighted by Crippen LogP contribution is 2.31. The Kier molecular flexibility index (Phi) is 3.74. The zero-order valence-corrected chi connectivity index (χ0v) is 10.0. The molecule has 1 aliphatic carbocycles. The first-order valence-electron chi connectivity index (χ1n) is 5.78. The molecule has 0 aromatic rings. The van der Waals surface area contributed by atoms with E-state index >= 15 is 0 Å². The number of aliphatic carboxylic acids is 1. The summed E-state index contributed by atoms with van der Waals surface area (Å²) in [6.07, 6.45) is 3.76. The van der Waals surface area contributed by atoms with Crippen molar-refractivity contribution < 1.29 is 14.7 Å². The predicted molar refractivity (Wildman–Crippen MR) is 62.4 cm³/mol. The Morgan fingerprint density at radius 1 is 1.19 bits per heavy atom. The third-order valence-corrected chi connectivity index (χ3v) is 4.20. The second-order valence-corrected chi connectivity index (χ2v) is 5.70. The Labute approximate surface area is 99.4 Å². The number of amides is 1. The number of carbonyl (C=O) groups is 2. The number of thioether (sulfide) groups is 1. The van der Waals surface area contributed by atoms with Crippen LogP contribution in [0.1, 0.15) is 25.7 Å². The summed E-state index contributed by atoms with van der Waals surface area (Å²) in [5, 5.41) is 8.81. The van der Waals surface area contributed by atoms with Gasteiger partial charge in [0.05, 0.1) is 0 Å². The molecule has 1 aliphatic heterocycles. The van der Waals surface area contributed by atoms with E-state index < -0.39 is 5.97 Å². The van der Waals surface area contributed by atoms with Crippen molar-refractivity contribution in [1.82, 2.24) is 4.90 Å². The third-order valence-electron chi connectivity index (χ3n) is 3.15. The van der Waals surface area contributed by atoms with Gasteiger partial charge in [-0.2, -0.15) is 11.8 Å². The van der Waals surface area contributed by atoms with Crippen molar-refractivity contribution in [3.63, 3.8) is 0 Å². The van der Waals surface area contributed by atoms with E-state index in [1.165, 1.54) is 0 Å². The van der Waals surface area contributed by atoms with Crippen molar-refractivity contribution in [3.8, 4) is 0 Å². The quantitative estimate of drug-likeness (QED) is 0.806. The van der Waals surface area contributed by atoms with E-state index in [2.05, 4.69) is 0 Å². The number of carboxylic acids is 1. The van der Waals surface area contributed by atoms with Crippen molar-refractivity contribution >= 4 is 23.6 Å². The van der Waals surface area contributed by atoms with Gasteiger partial charge in [0.25, 0.3) is 0 Å². The molecule has 1 heterocycles. The van der Waals surface area contributed by atoms with E-state index in [4.69, 9.17) is 5.11 Å². The third kappa shape index (κ3) is 2.90. The van der Waals surface area contributed by atoms with Crippen LogP contribution < -0.4 is 0 Å². The van der Waals surface area contributed by atoms with Crippen LogP contribution >= 0.6 is 11.8 Å². The molecule has 0 spiro atoms. The Morgan fingerprint density at radius 2 is 1.81 bits per heavy atom. The van der Waals surface area contributed by atoms with Crippen LogP contribution in [-0.2, 0) is 9.59 Å². The smallest absolute Gasteiger partial charge is 0.323 e. The highest BCUT2D eigenvalue weighted by Gasteiger charge is 2.37. The first-order chi connectivity index (χ1) is 7.68. The molecule has 1 N–H and O–H groups in total. The molecule has 16 heavy (non-hydrogen) atoms. The molecule has 2 rings (SSSR count). The van der Waals surface area contributed by atoms with Gasteiger partial charge in [0.15, 0.2) is 0 Å². The fourth-order valence-electron chi connectivity index (χ4n) is 2.10. The second-order valence-electron chi connectivity index (χ2n) is 4.48. The zero-order valence-electron chi connectivity index (χ0n) is 9.22. The Balaban J connectivity index is 1.95. The van der Waals surface area contributed by atoms with Gasteiger partial charge in [-0.05, 0) is 37.2 Å². The van der Waals surface area contributed by atoms with Gasteiger partial charge in [0.1, 0.15) is 6.54 Å². The molecular weight excluding hydrogens is 226 g/mol. The van der Waals surface area contributed by atoms with Gasteiger partial charge in [0.2, 0.25) is 5.91 Å². The summed E-state index contributed by atoms with van der Waals surface area (Å²) >= 11 is 1.88. The predicted octanol–water partition coefficient (Wildman–Crippen LogP) is 1.21. The summed E-state index contributed by atoms with van der Waals surface area (Å²) in [5.74, 6) is 1.31. The molecule has 2 aliphatic rings. The van der Waals surface area contributed by atoms with Crippen LogP contribution in [0, 0.1) is 5.92 Å². The minimum Gasteiger partial charge on any atom is -0.480 e. The summed E-state index contributed by atoms with van der Waals surface area (Å²) in [6.45, 7) is -0.118. The molecule has 2 fully saturated rings. The van der Waals surface area contributed by atoms with Crippen LogP contribution in [0.25, 0.3) is 0 Å². The first kappa shape index (κ1) is 11.8. The van der Waals surface area contributed by atoms with E-state index in [0.29, 0.717) is 0 Å². The molecule has 5 heteroatoms. The molecule has 1 saturated heterocycles. The van der Waals surface area contributed by atoms with Crippen LogP contribution in [0.4, 0.5) is 0 Å². The summed E-state index contributed by atoms with van der Waals surface area (Å²) < 4.78 is 0. The molecule has 4 nitrogen and oxygen atoms in total. The largest absolute Gasteiger partial charge is 0.480 e. The molecule has 1 amide bonds. The van der Waals surface area contributed by atoms with Crippen LogP contribution in [-0.4, -0.2) is 46.0 Å². The topological polar surface area (TPSA) is 57.6 Å². The maximum absolute atomic E-state index is 12.2. The molecule has 1 saturated carbocycles. The monoisotopic (exact) mass is 243 g/mol. The highest BCUT2D eigenvalue weighted by molar-refractivity contribution is 7.99. The molecule has 0 bridgehead atoms. The van der Waals surface area contributed by atoms with Gasteiger partial charge in [-0.1, -0.05) is 0 Å². The maximum Gasteiger partial charge on any atom is 0.323 e. The van der Waals surface area contributed by atoms with Crippen LogP contribution in [0.5, 0.6) is 0 Å². The number of hydrogen-bond acceptors (Lipinski definition) is 3. The molecule has 0 radical (unpaired) electrons. The summed E-state index contributed by atoms with van der Waals surface area (Å²) in [4.78, 5) is 24.5. The van der Waals surface area contributed by atoms with E-state index in [0.717, 1.165) is 37.2 Å². The van der Waals surface area contributed by atoms with E-state index in [-0.39, 0.29) is 24.4 Å². The Bertz CT molecular complexity index is 285. The molecule has 0 aromatic heterocycles. The lowest BCUT2D eigenvalue weighted by Gasteiger charge is -2.28. The average molecular weight is 243 g/mol. The molecule has 0 atom stereocenters. The number of rotatable bonds is 4. The van der Waals surface area contributed by atoms with E-state index in [9.17, 15) is 9.59 Å². The first-order valence-corrected chi connectivity index (χ1v) is 6.94. The lowest BCUT2D eigenvalue weighted by Crippen LogP contribution is -2.42. The molecule has 0 aromatic carbocycles. The minimum absolute atomic E-state index is 0.0706. The lowest BCUT2D eigenvalue weighted by atomic mass is 10.0. The SMILES string of the molecule is O=C(O)CN(C(=O)C1CCSCC1)C1CC1. The van der Waals surface area contributed by atoms with Crippen LogP contribution in [0.15, 0.2) is 0 Å². The summed E-state index contributed by atoms with van der Waals surface area (Å²) in [7, 11) is 0. The number of hydrogen-bond donors (Lipinski definition) is 1. The Morgan fingerprint density at radius 3 is 2.31 bits per heavy atom. The average Bonchev–Trinajstić information content (AvgIpc) is 3.10. The maximum atomic E-state index is 12.2. The minimum atomic E-state index is -0.898. The van der Waals surface area contributed by atoms with Gasteiger partial charge in [-0.15, -0.1) is 0 Å². The van der Waals surface area contributed by atoms with Gasteiger partial charge >= 0.3 is 5.97 Å². The fourth-order valence-corrected chi connectivity index (χ4v) is 3.20. The highest BCUT2D eigenvalue weighted by atomic mass is 32.2. The lowest BCUT2D eigenvalue weighted by molar-refractivity contribution is -0.147. The van der Waals surface area contributed by atoms with E-state index in [1.54, 1.807) is 4.90 Å².